The van der Waals surface area contributed by atoms with E-state index < -0.39 is 5.97 Å². The molecule has 2 aromatic rings. The van der Waals surface area contributed by atoms with Gasteiger partial charge in [0.1, 0.15) is 5.75 Å². The van der Waals surface area contributed by atoms with Crippen LogP contribution >= 0.6 is 0 Å². The monoisotopic (exact) mass is 299 g/mol. The molecule has 0 unspecified atom stereocenters. The molecule has 0 aromatic heterocycles. The summed E-state index contributed by atoms with van der Waals surface area (Å²) in [7, 11) is 2.88. The van der Waals surface area contributed by atoms with E-state index in [9.17, 15) is 9.59 Å². The van der Waals surface area contributed by atoms with E-state index in [1.165, 1.54) is 21.1 Å². The SMILES string of the molecule is COC(=O)c1cc(OC)ccc1-c1ccc(NC(C)=O)cc1. The molecule has 0 aliphatic carbocycles. The summed E-state index contributed by atoms with van der Waals surface area (Å²) in [6, 6.07) is 12.5. The zero-order valence-corrected chi connectivity index (χ0v) is 12.7. The molecule has 2 rings (SSSR count). The number of carbonyl (C=O) groups is 2. The van der Waals surface area contributed by atoms with E-state index in [4.69, 9.17) is 9.47 Å². The number of nitrogens with one attached hydrogen (secondary N) is 1. The summed E-state index contributed by atoms with van der Waals surface area (Å²) in [6.45, 7) is 1.45. The largest absolute Gasteiger partial charge is 0.497 e. The van der Waals surface area contributed by atoms with Gasteiger partial charge in [0.2, 0.25) is 5.91 Å². The van der Waals surface area contributed by atoms with Gasteiger partial charge in [0.05, 0.1) is 19.8 Å². The molecule has 0 spiro atoms. The van der Waals surface area contributed by atoms with E-state index in [0.717, 1.165) is 11.1 Å². The predicted molar refractivity (Wildman–Crippen MR) is 84.1 cm³/mol. The van der Waals surface area contributed by atoms with Crippen molar-refractivity contribution in [1.82, 2.24) is 0 Å². The standard InChI is InChI=1S/C17H17NO4/c1-11(19)18-13-6-4-12(5-7-13)15-9-8-14(21-2)10-16(15)17(20)22-3/h4-10H,1-3H3,(H,18,19). The van der Waals surface area contributed by atoms with E-state index in [0.29, 0.717) is 17.0 Å². The Bertz CT molecular complexity index is 692. The lowest BCUT2D eigenvalue weighted by molar-refractivity contribution is -0.114. The van der Waals surface area contributed by atoms with Crippen molar-refractivity contribution in [3.05, 3.63) is 48.0 Å². The lowest BCUT2D eigenvalue weighted by Gasteiger charge is -2.11. The van der Waals surface area contributed by atoms with Crippen LogP contribution in [0.15, 0.2) is 42.5 Å². The maximum absolute atomic E-state index is 12.0. The number of carbonyl (C=O) groups excluding carboxylic acids is 2. The van der Waals surface area contributed by atoms with Gasteiger partial charge >= 0.3 is 5.97 Å². The average molecular weight is 299 g/mol. The van der Waals surface area contributed by atoms with Crippen molar-refractivity contribution in [2.75, 3.05) is 19.5 Å². The summed E-state index contributed by atoms with van der Waals surface area (Å²) < 4.78 is 9.97. The van der Waals surface area contributed by atoms with Gasteiger partial charge in [-0.15, -0.1) is 0 Å². The first-order valence-corrected chi connectivity index (χ1v) is 6.69. The molecule has 0 fully saturated rings. The Balaban J connectivity index is 2.42. The first-order chi connectivity index (χ1) is 10.5. The fourth-order valence-electron chi connectivity index (χ4n) is 2.12. The van der Waals surface area contributed by atoms with Crippen LogP contribution in [0.3, 0.4) is 0 Å². The third-order valence-corrected chi connectivity index (χ3v) is 3.15. The van der Waals surface area contributed by atoms with E-state index in [-0.39, 0.29) is 5.91 Å². The highest BCUT2D eigenvalue weighted by atomic mass is 16.5. The van der Waals surface area contributed by atoms with Crippen LogP contribution in [0, 0.1) is 0 Å². The van der Waals surface area contributed by atoms with Crippen molar-refractivity contribution in [3.63, 3.8) is 0 Å². The molecule has 0 aliphatic rings. The fraction of sp³-hybridized carbons (Fsp3) is 0.176. The molecular weight excluding hydrogens is 282 g/mol. The first-order valence-electron chi connectivity index (χ1n) is 6.69. The molecule has 0 heterocycles. The molecule has 0 aliphatic heterocycles. The summed E-state index contributed by atoms with van der Waals surface area (Å²) >= 11 is 0. The molecule has 2 aromatic carbocycles. The van der Waals surface area contributed by atoms with Crippen LogP contribution in [0.1, 0.15) is 17.3 Å². The third-order valence-electron chi connectivity index (χ3n) is 3.15. The molecular formula is C17H17NO4. The second-order valence-electron chi connectivity index (χ2n) is 4.66. The van der Waals surface area contributed by atoms with Crippen LogP contribution in [0.2, 0.25) is 0 Å². The van der Waals surface area contributed by atoms with Gasteiger partial charge < -0.3 is 14.8 Å². The summed E-state index contributed by atoms with van der Waals surface area (Å²) in [6.07, 6.45) is 0. The first kappa shape index (κ1) is 15.6. The molecule has 1 amide bonds. The molecule has 5 heteroatoms. The van der Waals surface area contributed by atoms with Crippen molar-refractivity contribution in [2.24, 2.45) is 0 Å². The topological polar surface area (TPSA) is 64.6 Å². The molecule has 0 bridgehead atoms. The van der Waals surface area contributed by atoms with Crippen LogP contribution in [-0.4, -0.2) is 26.1 Å². The molecule has 0 saturated heterocycles. The second-order valence-corrected chi connectivity index (χ2v) is 4.66. The van der Waals surface area contributed by atoms with Crippen molar-refractivity contribution in [3.8, 4) is 16.9 Å². The lowest BCUT2D eigenvalue weighted by Crippen LogP contribution is -2.06. The second kappa shape index (κ2) is 6.76. The number of benzene rings is 2. The van der Waals surface area contributed by atoms with Crippen molar-refractivity contribution >= 4 is 17.6 Å². The van der Waals surface area contributed by atoms with Crippen LogP contribution in [0.5, 0.6) is 5.75 Å². The van der Waals surface area contributed by atoms with E-state index in [2.05, 4.69) is 5.32 Å². The van der Waals surface area contributed by atoms with Gasteiger partial charge in [0.15, 0.2) is 0 Å². The maximum Gasteiger partial charge on any atom is 0.338 e. The Morgan fingerprint density at radius 1 is 1.00 bits per heavy atom. The highest BCUT2D eigenvalue weighted by molar-refractivity contribution is 5.98. The van der Waals surface area contributed by atoms with Gasteiger partial charge in [-0.3, -0.25) is 4.79 Å². The highest BCUT2D eigenvalue weighted by Crippen LogP contribution is 2.29. The minimum atomic E-state index is -0.431. The number of rotatable bonds is 4. The Hall–Kier alpha value is -2.82. The zero-order valence-electron chi connectivity index (χ0n) is 12.7. The Kier molecular flexibility index (Phi) is 4.78. The molecule has 0 atom stereocenters. The number of amides is 1. The van der Waals surface area contributed by atoms with Crippen molar-refractivity contribution in [1.29, 1.82) is 0 Å². The van der Waals surface area contributed by atoms with Gasteiger partial charge in [-0.05, 0) is 41.5 Å². The Morgan fingerprint density at radius 3 is 2.23 bits per heavy atom. The number of esters is 1. The summed E-state index contributed by atoms with van der Waals surface area (Å²) in [5.74, 6) is 0.0197. The smallest absolute Gasteiger partial charge is 0.338 e. The third kappa shape index (κ3) is 3.44. The quantitative estimate of drug-likeness (QED) is 0.881. The Morgan fingerprint density at radius 2 is 1.68 bits per heavy atom. The normalized spacial score (nSPS) is 9.95. The van der Waals surface area contributed by atoms with E-state index in [1.54, 1.807) is 30.3 Å². The highest BCUT2D eigenvalue weighted by Gasteiger charge is 2.14. The van der Waals surface area contributed by atoms with Gasteiger partial charge in [-0.25, -0.2) is 4.79 Å². The van der Waals surface area contributed by atoms with Crippen LogP contribution < -0.4 is 10.1 Å². The van der Waals surface area contributed by atoms with Crippen LogP contribution in [0.25, 0.3) is 11.1 Å². The minimum absolute atomic E-state index is 0.132. The number of hydrogen-bond donors (Lipinski definition) is 1. The zero-order chi connectivity index (χ0) is 16.1. The number of ether oxygens (including phenoxy) is 2. The van der Waals surface area contributed by atoms with Crippen LogP contribution in [-0.2, 0) is 9.53 Å². The summed E-state index contributed by atoms with van der Waals surface area (Å²) in [4.78, 5) is 23.0. The molecule has 22 heavy (non-hydrogen) atoms. The summed E-state index contributed by atoms with van der Waals surface area (Å²) in [5, 5.41) is 2.70. The van der Waals surface area contributed by atoms with E-state index in [1.807, 2.05) is 12.1 Å². The maximum atomic E-state index is 12.0. The van der Waals surface area contributed by atoms with Crippen molar-refractivity contribution < 1.29 is 19.1 Å². The molecule has 114 valence electrons. The summed E-state index contributed by atoms with van der Waals surface area (Å²) in [5.41, 5.74) is 2.71. The average Bonchev–Trinajstić information content (AvgIpc) is 2.53. The molecule has 5 nitrogen and oxygen atoms in total. The predicted octanol–water partition coefficient (Wildman–Crippen LogP) is 3.11. The number of methoxy groups -OCH3 is 2. The molecule has 0 radical (unpaired) electrons. The van der Waals surface area contributed by atoms with Crippen molar-refractivity contribution in [2.45, 2.75) is 6.92 Å². The number of hydrogen-bond acceptors (Lipinski definition) is 4. The van der Waals surface area contributed by atoms with Gasteiger partial charge in [-0.1, -0.05) is 12.1 Å². The van der Waals surface area contributed by atoms with Gasteiger partial charge in [-0.2, -0.15) is 0 Å². The molecule has 0 saturated carbocycles. The van der Waals surface area contributed by atoms with E-state index >= 15 is 0 Å². The van der Waals surface area contributed by atoms with Gasteiger partial charge in [0.25, 0.3) is 0 Å². The van der Waals surface area contributed by atoms with Crippen LogP contribution in [0.4, 0.5) is 5.69 Å². The fourth-order valence-corrected chi connectivity index (χ4v) is 2.12. The molecule has 1 N–H and O–H groups in total. The minimum Gasteiger partial charge on any atom is -0.497 e. The van der Waals surface area contributed by atoms with Gasteiger partial charge in [0, 0.05) is 12.6 Å². The lowest BCUT2D eigenvalue weighted by atomic mass is 9.99. The Labute approximate surface area is 128 Å². The number of anilines is 1.